The normalized spacial score (nSPS) is 48.0. The van der Waals surface area contributed by atoms with Crippen LogP contribution in [-0.2, 0) is 0 Å². The number of aliphatic hydroxyl groups is 1. The maximum Gasteiger partial charge on any atom is 0.0681 e. The van der Waals surface area contributed by atoms with Crippen LogP contribution in [-0.4, -0.2) is 10.7 Å². The lowest BCUT2D eigenvalue weighted by atomic mass is 9.61. The van der Waals surface area contributed by atoms with Crippen molar-refractivity contribution < 1.29 is 5.11 Å². The minimum atomic E-state index is -0.326. The fraction of sp³-hybridized carbons (Fsp3) is 1.00. The van der Waals surface area contributed by atoms with E-state index in [0.29, 0.717) is 11.8 Å². The summed E-state index contributed by atoms with van der Waals surface area (Å²) in [4.78, 5) is 0. The second-order valence-electron chi connectivity index (χ2n) is 6.86. The Morgan fingerprint density at radius 1 is 1.06 bits per heavy atom. The maximum absolute atomic E-state index is 11.1. The van der Waals surface area contributed by atoms with E-state index in [0.717, 1.165) is 24.7 Å². The van der Waals surface area contributed by atoms with Gasteiger partial charge in [0.15, 0.2) is 0 Å². The molecule has 17 heavy (non-hydrogen) atoms. The van der Waals surface area contributed by atoms with Gasteiger partial charge < -0.3 is 5.11 Å². The summed E-state index contributed by atoms with van der Waals surface area (Å²) in [5.41, 5.74) is -0.326. The molecule has 2 aliphatic rings. The van der Waals surface area contributed by atoms with Crippen LogP contribution in [0.15, 0.2) is 0 Å². The van der Waals surface area contributed by atoms with Gasteiger partial charge in [0.25, 0.3) is 0 Å². The van der Waals surface area contributed by atoms with E-state index >= 15 is 0 Å². The van der Waals surface area contributed by atoms with Gasteiger partial charge in [-0.3, -0.25) is 0 Å². The molecule has 1 nitrogen and oxygen atoms in total. The lowest BCUT2D eigenvalue weighted by Gasteiger charge is -2.48. The second kappa shape index (κ2) is 5.30. The van der Waals surface area contributed by atoms with Gasteiger partial charge in [-0.05, 0) is 49.4 Å². The Morgan fingerprint density at radius 2 is 1.76 bits per heavy atom. The largest absolute Gasteiger partial charge is 0.390 e. The molecule has 0 aromatic carbocycles. The third-order valence-corrected chi connectivity index (χ3v) is 5.80. The summed E-state index contributed by atoms with van der Waals surface area (Å²) in [6.45, 7) is 6.99. The van der Waals surface area contributed by atoms with Gasteiger partial charge in [0.05, 0.1) is 5.60 Å². The van der Waals surface area contributed by atoms with Crippen LogP contribution in [0.25, 0.3) is 0 Å². The number of hydrogen-bond acceptors (Lipinski definition) is 1. The Kier molecular flexibility index (Phi) is 4.18. The predicted octanol–water partition coefficient (Wildman–Crippen LogP) is 4.39. The molecule has 2 saturated carbocycles. The molecule has 1 N–H and O–H groups in total. The van der Waals surface area contributed by atoms with Gasteiger partial charge in [0, 0.05) is 0 Å². The van der Waals surface area contributed by atoms with Gasteiger partial charge in [-0.1, -0.05) is 46.5 Å². The Morgan fingerprint density at radius 3 is 2.41 bits per heavy atom. The van der Waals surface area contributed by atoms with Gasteiger partial charge in [0.1, 0.15) is 0 Å². The zero-order valence-electron chi connectivity index (χ0n) is 11.9. The standard InChI is InChI=1S/C16H30O/c1-4-14-7-5-6-8-15(14)16(17)10-9-12(2)13(3)11-16/h12-15,17H,4-11H2,1-3H3. The Labute approximate surface area is 107 Å². The molecule has 0 saturated heterocycles. The van der Waals surface area contributed by atoms with Crippen LogP contribution in [0.5, 0.6) is 0 Å². The van der Waals surface area contributed by atoms with Crippen LogP contribution in [0, 0.1) is 23.7 Å². The number of rotatable bonds is 2. The van der Waals surface area contributed by atoms with Crippen molar-refractivity contribution in [2.45, 2.75) is 77.7 Å². The molecular weight excluding hydrogens is 208 g/mol. The van der Waals surface area contributed by atoms with Crippen LogP contribution in [0.1, 0.15) is 72.1 Å². The molecule has 5 atom stereocenters. The van der Waals surface area contributed by atoms with Gasteiger partial charge in [0.2, 0.25) is 0 Å². The third kappa shape index (κ3) is 2.70. The van der Waals surface area contributed by atoms with Crippen molar-refractivity contribution in [2.24, 2.45) is 23.7 Å². The SMILES string of the molecule is CCC1CCCCC1C1(O)CCC(C)C(C)C1. The van der Waals surface area contributed by atoms with Crippen molar-refractivity contribution in [1.82, 2.24) is 0 Å². The average molecular weight is 238 g/mol. The minimum Gasteiger partial charge on any atom is -0.390 e. The summed E-state index contributed by atoms with van der Waals surface area (Å²) in [5.74, 6) is 2.89. The second-order valence-corrected chi connectivity index (χ2v) is 6.86. The molecule has 0 aliphatic heterocycles. The van der Waals surface area contributed by atoms with Gasteiger partial charge in [-0.25, -0.2) is 0 Å². The molecule has 0 aromatic heterocycles. The van der Waals surface area contributed by atoms with Crippen LogP contribution in [0.3, 0.4) is 0 Å². The molecular formula is C16H30O. The van der Waals surface area contributed by atoms with E-state index in [9.17, 15) is 5.11 Å². The zero-order chi connectivity index (χ0) is 12.5. The smallest absolute Gasteiger partial charge is 0.0681 e. The van der Waals surface area contributed by atoms with Crippen LogP contribution < -0.4 is 0 Å². The Hall–Kier alpha value is -0.0400. The molecule has 0 aromatic rings. The topological polar surface area (TPSA) is 20.2 Å². The van der Waals surface area contributed by atoms with Gasteiger partial charge >= 0.3 is 0 Å². The van der Waals surface area contributed by atoms with Crippen molar-refractivity contribution in [3.63, 3.8) is 0 Å². The van der Waals surface area contributed by atoms with Crippen molar-refractivity contribution in [1.29, 1.82) is 0 Å². The van der Waals surface area contributed by atoms with E-state index in [2.05, 4.69) is 20.8 Å². The first-order valence-corrected chi connectivity index (χ1v) is 7.79. The fourth-order valence-electron chi connectivity index (χ4n) is 4.36. The Balaban J connectivity index is 2.08. The highest BCUT2D eigenvalue weighted by Crippen LogP contribution is 2.48. The quantitative estimate of drug-likeness (QED) is 0.756. The lowest BCUT2D eigenvalue weighted by Crippen LogP contribution is -2.47. The molecule has 2 aliphatic carbocycles. The summed E-state index contributed by atoms with van der Waals surface area (Å²) in [6, 6.07) is 0. The Bertz CT molecular complexity index is 250. The summed E-state index contributed by atoms with van der Waals surface area (Å²) in [7, 11) is 0. The highest BCUT2D eigenvalue weighted by Gasteiger charge is 2.45. The number of hydrogen-bond donors (Lipinski definition) is 1. The van der Waals surface area contributed by atoms with Crippen LogP contribution >= 0.6 is 0 Å². The maximum atomic E-state index is 11.1. The molecule has 0 heterocycles. The zero-order valence-corrected chi connectivity index (χ0v) is 11.9. The van der Waals surface area contributed by atoms with E-state index in [4.69, 9.17) is 0 Å². The van der Waals surface area contributed by atoms with Crippen molar-refractivity contribution >= 4 is 0 Å². The van der Waals surface area contributed by atoms with Gasteiger partial charge in [-0.2, -0.15) is 0 Å². The summed E-state index contributed by atoms with van der Waals surface area (Å²) in [6.07, 6.45) is 9.95. The van der Waals surface area contributed by atoms with Crippen LogP contribution in [0.2, 0.25) is 0 Å². The molecule has 100 valence electrons. The average Bonchev–Trinajstić information content (AvgIpc) is 2.34. The molecule has 1 heteroatoms. The van der Waals surface area contributed by atoms with E-state index in [1.807, 2.05) is 0 Å². The van der Waals surface area contributed by atoms with E-state index in [-0.39, 0.29) is 5.60 Å². The third-order valence-electron chi connectivity index (χ3n) is 5.80. The molecule has 5 unspecified atom stereocenters. The highest BCUT2D eigenvalue weighted by atomic mass is 16.3. The van der Waals surface area contributed by atoms with Crippen LogP contribution in [0.4, 0.5) is 0 Å². The minimum absolute atomic E-state index is 0.326. The van der Waals surface area contributed by atoms with Crippen molar-refractivity contribution in [2.75, 3.05) is 0 Å². The van der Waals surface area contributed by atoms with Gasteiger partial charge in [-0.15, -0.1) is 0 Å². The summed E-state index contributed by atoms with van der Waals surface area (Å²) < 4.78 is 0. The fourth-order valence-corrected chi connectivity index (χ4v) is 4.36. The monoisotopic (exact) mass is 238 g/mol. The summed E-state index contributed by atoms with van der Waals surface area (Å²) >= 11 is 0. The highest BCUT2D eigenvalue weighted by molar-refractivity contribution is 4.96. The molecule has 0 bridgehead atoms. The molecule has 0 spiro atoms. The van der Waals surface area contributed by atoms with Crippen molar-refractivity contribution in [3.8, 4) is 0 Å². The summed E-state index contributed by atoms with van der Waals surface area (Å²) in [5, 5.41) is 11.1. The molecule has 0 radical (unpaired) electrons. The van der Waals surface area contributed by atoms with E-state index < -0.39 is 0 Å². The first-order valence-electron chi connectivity index (χ1n) is 7.79. The first-order chi connectivity index (χ1) is 8.07. The van der Waals surface area contributed by atoms with Crippen molar-refractivity contribution in [3.05, 3.63) is 0 Å². The van der Waals surface area contributed by atoms with E-state index in [1.165, 1.54) is 38.5 Å². The molecule has 0 amide bonds. The predicted molar refractivity (Wildman–Crippen MR) is 72.9 cm³/mol. The first kappa shape index (κ1) is 13.4. The molecule has 2 fully saturated rings. The molecule has 2 rings (SSSR count). The van der Waals surface area contributed by atoms with E-state index in [1.54, 1.807) is 0 Å². The lowest BCUT2D eigenvalue weighted by molar-refractivity contribution is -0.103.